The van der Waals surface area contributed by atoms with E-state index in [0.29, 0.717) is 11.1 Å². The van der Waals surface area contributed by atoms with Crippen molar-refractivity contribution in [3.8, 4) is 0 Å². The number of aliphatic carboxylic acids is 1. The summed E-state index contributed by atoms with van der Waals surface area (Å²) in [5, 5.41) is 19.9. The molecule has 3 rings (SSSR count). The van der Waals surface area contributed by atoms with Crippen molar-refractivity contribution in [3.05, 3.63) is 75.3 Å². The lowest BCUT2D eigenvalue weighted by Crippen LogP contribution is -2.34. The monoisotopic (exact) mass is 429 g/mol. The molecule has 0 aliphatic carbocycles. The summed E-state index contributed by atoms with van der Waals surface area (Å²) in [6.07, 6.45) is 0. The highest BCUT2D eigenvalue weighted by molar-refractivity contribution is 9.10. The smallest absolute Gasteiger partial charge is 0.323 e. The van der Waals surface area contributed by atoms with Gasteiger partial charge in [-0.2, -0.15) is 0 Å². The van der Waals surface area contributed by atoms with Gasteiger partial charge in [0.15, 0.2) is 0 Å². The number of amides is 1. The number of carbonyl (C=O) groups is 3. The van der Waals surface area contributed by atoms with Crippen molar-refractivity contribution in [1.29, 1.82) is 0 Å². The Morgan fingerprint density at radius 1 is 1.04 bits per heavy atom. The molecule has 1 aliphatic heterocycles. The van der Waals surface area contributed by atoms with Crippen LogP contribution in [0, 0.1) is 6.92 Å². The Kier molecular flexibility index (Phi) is 5.14. The van der Waals surface area contributed by atoms with E-state index in [0.717, 1.165) is 14.9 Å². The van der Waals surface area contributed by atoms with Gasteiger partial charge in [0, 0.05) is 10.0 Å². The number of Topliss-reactive ketones (excluding diaryl/α,β-unsaturated/α-hetero) is 1. The minimum Gasteiger partial charge on any atom is -0.507 e. The molecule has 0 unspecified atom stereocenters. The van der Waals surface area contributed by atoms with Gasteiger partial charge in [0.2, 0.25) is 0 Å². The molecule has 7 heteroatoms. The molecule has 0 bridgehead atoms. The number of carbonyl (C=O) groups excluding carboxylic acids is 2. The predicted molar refractivity (Wildman–Crippen MR) is 102 cm³/mol. The third-order valence-corrected chi connectivity index (χ3v) is 4.88. The first-order valence-electron chi connectivity index (χ1n) is 8.12. The van der Waals surface area contributed by atoms with Crippen LogP contribution in [-0.4, -0.2) is 39.3 Å². The third-order valence-electron chi connectivity index (χ3n) is 4.36. The Labute approximate surface area is 163 Å². The fourth-order valence-corrected chi connectivity index (χ4v) is 3.31. The molecule has 1 atom stereocenters. The van der Waals surface area contributed by atoms with Crippen LogP contribution in [0.4, 0.5) is 0 Å². The van der Waals surface area contributed by atoms with E-state index in [4.69, 9.17) is 5.11 Å². The number of benzene rings is 2. The molecule has 6 nitrogen and oxygen atoms in total. The molecule has 0 aromatic heterocycles. The van der Waals surface area contributed by atoms with Crippen molar-refractivity contribution < 1.29 is 24.6 Å². The van der Waals surface area contributed by atoms with Gasteiger partial charge < -0.3 is 15.1 Å². The highest BCUT2D eigenvalue weighted by atomic mass is 79.9. The molecule has 2 aromatic carbocycles. The van der Waals surface area contributed by atoms with Gasteiger partial charge in [-0.05, 0) is 24.6 Å². The molecular weight excluding hydrogens is 414 g/mol. The minimum absolute atomic E-state index is 0.118. The van der Waals surface area contributed by atoms with E-state index < -0.39 is 30.2 Å². The average molecular weight is 430 g/mol. The number of aryl methyl sites for hydroxylation is 1. The number of rotatable bonds is 4. The fourth-order valence-electron chi connectivity index (χ4n) is 3.05. The lowest BCUT2D eigenvalue weighted by atomic mass is 9.95. The van der Waals surface area contributed by atoms with Crippen LogP contribution in [0.2, 0.25) is 0 Å². The molecule has 1 saturated heterocycles. The first kappa shape index (κ1) is 18.8. The molecule has 1 amide bonds. The molecule has 0 saturated carbocycles. The Morgan fingerprint density at radius 2 is 1.63 bits per heavy atom. The molecule has 0 spiro atoms. The number of carboxylic acid groups (broad SMARTS) is 1. The number of nitrogens with zero attached hydrogens (tertiary/aromatic N) is 1. The maximum Gasteiger partial charge on any atom is 0.323 e. The molecule has 2 N–H and O–H groups in total. The number of likely N-dealkylation sites (tertiary alicyclic amines) is 1. The van der Waals surface area contributed by atoms with Crippen LogP contribution >= 0.6 is 15.9 Å². The van der Waals surface area contributed by atoms with Crippen molar-refractivity contribution in [3.63, 3.8) is 0 Å². The standard InChI is InChI=1S/C20H16BrNO5/c1-11-2-4-13(5-3-11)18(25)16-17(12-6-8-14(21)9-7-12)22(10-15(23)24)20(27)19(16)26/h2-9,17,25H,10H2,1H3,(H,23,24)/b18-16+/t17-/m0/s1. The van der Waals surface area contributed by atoms with Crippen LogP contribution in [0.15, 0.2) is 58.6 Å². The second-order valence-electron chi connectivity index (χ2n) is 6.24. The summed E-state index contributed by atoms with van der Waals surface area (Å²) in [5.74, 6) is -3.41. The van der Waals surface area contributed by atoms with Crippen molar-refractivity contribution in [1.82, 2.24) is 4.90 Å². The van der Waals surface area contributed by atoms with Gasteiger partial charge >= 0.3 is 5.97 Å². The van der Waals surface area contributed by atoms with E-state index in [1.54, 1.807) is 48.5 Å². The third kappa shape index (κ3) is 3.64. The van der Waals surface area contributed by atoms with Crippen molar-refractivity contribution in [2.45, 2.75) is 13.0 Å². The van der Waals surface area contributed by atoms with E-state index in [1.165, 1.54) is 0 Å². The van der Waals surface area contributed by atoms with Crippen LogP contribution in [0.5, 0.6) is 0 Å². The van der Waals surface area contributed by atoms with Gasteiger partial charge in [0.05, 0.1) is 11.6 Å². The summed E-state index contributed by atoms with van der Waals surface area (Å²) in [6, 6.07) is 12.7. The molecular formula is C20H16BrNO5. The van der Waals surface area contributed by atoms with Gasteiger partial charge in [0.25, 0.3) is 11.7 Å². The van der Waals surface area contributed by atoms with E-state index in [9.17, 15) is 19.5 Å². The normalized spacial score (nSPS) is 18.7. The SMILES string of the molecule is Cc1ccc(/C(O)=C2\C(=O)C(=O)N(CC(=O)O)[C@H]2c2ccc(Br)cc2)cc1. The minimum atomic E-state index is -1.24. The van der Waals surface area contributed by atoms with Crippen LogP contribution in [0.25, 0.3) is 5.76 Å². The maximum absolute atomic E-state index is 12.6. The largest absolute Gasteiger partial charge is 0.507 e. The first-order valence-corrected chi connectivity index (χ1v) is 8.91. The zero-order valence-corrected chi connectivity index (χ0v) is 15.9. The molecule has 138 valence electrons. The summed E-state index contributed by atoms with van der Waals surface area (Å²) in [4.78, 5) is 37.3. The van der Waals surface area contributed by atoms with E-state index in [2.05, 4.69) is 15.9 Å². The zero-order chi connectivity index (χ0) is 19.7. The van der Waals surface area contributed by atoms with Gasteiger partial charge in [-0.15, -0.1) is 0 Å². The Hall–Kier alpha value is -2.93. The second kappa shape index (κ2) is 7.36. The number of aliphatic hydroxyl groups excluding tert-OH is 1. The molecule has 1 heterocycles. The van der Waals surface area contributed by atoms with Gasteiger partial charge in [0.1, 0.15) is 12.3 Å². The zero-order valence-electron chi connectivity index (χ0n) is 14.3. The van der Waals surface area contributed by atoms with Crippen molar-refractivity contribution >= 4 is 39.3 Å². The number of hydrogen-bond donors (Lipinski definition) is 2. The van der Waals surface area contributed by atoms with Crippen molar-refractivity contribution in [2.75, 3.05) is 6.54 Å². The van der Waals surface area contributed by atoms with Gasteiger partial charge in [-0.1, -0.05) is 57.9 Å². The first-order chi connectivity index (χ1) is 12.8. The quantitative estimate of drug-likeness (QED) is 0.441. The highest BCUT2D eigenvalue weighted by Crippen LogP contribution is 2.39. The highest BCUT2D eigenvalue weighted by Gasteiger charge is 2.46. The molecule has 1 fully saturated rings. The van der Waals surface area contributed by atoms with E-state index >= 15 is 0 Å². The number of carboxylic acids is 1. The van der Waals surface area contributed by atoms with Gasteiger partial charge in [-0.3, -0.25) is 14.4 Å². The summed E-state index contributed by atoms with van der Waals surface area (Å²) < 4.78 is 0.792. The number of halogens is 1. The molecule has 2 aromatic rings. The molecule has 1 aliphatic rings. The number of hydrogen-bond acceptors (Lipinski definition) is 4. The summed E-state index contributed by atoms with van der Waals surface area (Å²) in [7, 11) is 0. The number of ketones is 1. The fraction of sp³-hybridized carbons (Fsp3) is 0.150. The predicted octanol–water partition coefficient (Wildman–Crippen LogP) is 3.26. The summed E-state index contributed by atoms with van der Waals surface area (Å²) in [5.41, 5.74) is 1.78. The lowest BCUT2D eigenvalue weighted by molar-refractivity contribution is -0.146. The number of aliphatic hydroxyl groups is 1. The lowest BCUT2D eigenvalue weighted by Gasteiger charge is -2.23. The van der Waals surface area contributed by atoms with Gasteiger partial charge in [-0.25, -0.2) is 0 Å². The average Bonchev–Trinajstić information content (AvgIpc) is 2.87. The maximum atomic E-state index is 12.6. The molecule has 27 heavy (non-hydrogen) atoms. The van der Waals surface area contributed by atoms with E-state index in [-0.39, 0.29) is 11.3 Å². The van der Waals surface area contributed by atoms with Crippen LogP contribution in [-0.2, 0) is 14.4 Å². The Morgan fingerprint density at radius 3 is 2.19 bits per heavy atom. The molecule has 0 radical (unpaired) electrons. The van der Waals surface area contributed by atoms with Crippen LogP contribution in [0.1, 0.15) is 22.7 Å². The Bertz CT molecular complexity index is 947. The second-order valence-corrected chi connectivity index (χ2v) is 7.15. The summed E-state index contributed by atoms with van der Waals surface area (Å²) in [6.45, 7) is 1.24. The van der Waals surface area contributed by atoms with Crippen LogP contribution in [0.3, 0.4) is 0 Å². The van der Waals surface area contributed by atoms with E-state index in [1.807, 2.05) is 6.92 Å². The topological polar surface area (TPSA) is 94.9 Å². The Balaban J connectivity index is 2.19. The van der Waals surface area contributed by atoms with Crippen molar-refractivity contribution in [2.24, 2.45) is 0 Å². The van der Waals surface area contributed by atoms with Crippen LogP contribution < -0.4 is 0 Å². The summed E-state index contributed by atoms with van der Waals surface area (Å²) >= 11 is 3.32.